The Balaban J connectivity index is 0.000000749. The first kappa shape index (κ1) is 34.4. The Morgan fingerprint density at radius 2 is 1.35 bits per heavy atom. The predicted molar refractivity (Wildman–Crippen MR) is 187 cm³/mol. The first-order chi connectivity index (χ1) is 20.8. The molecule has 3 aromatic rings. The molecule has 230 valence electrons. The lowest BCUT2D eigenvalue weighted by Crippen LogP contribution is -2.34. The Labute approximate surface area is 265 Å². The van der Waals surface area contributed by atoms with Crippen molar-refractivity contribution in [1.29, 1.82) is 0 Å². The Morgan fingerprint density at radius 1 is 0.767 bits per heavy atom. The summed E-state index contributed by atoms with van der Waals surface area (Å²) in [7, 11) is 0. The fourth-order valence-electron chi connectivity index (χ4n) is 5.12. The van der Waals surface area contributed by atoms with Crippen molar-refractivity contribution in [2.45, 2.75) is 102 Å². The van der Waals surface area contributed by atoms with Gasteiger partial charge in [0.25, 0.3) is 0 Å². The molecule has 3 nitrogen and oxygen atoms in total. The average Bonchev–Trinajstić information content (AvgIpc) is 3.02. The Kier molecular flexibility index (Phi) is 14.8. The van der Waals surface area contributed by atoms with Crippen molar-refractivity contribution in [3.05, 3.63) is 125 Å². The molecule has 3 aromatic carbocycles. The minimum absolute atomic E-state index is 0.0713. The summed E-state index contributed by atoms with van der Waals surface area (Å²) in [6, 6.07) is 27.0. The lowest BCUT2D eigenvalue weighted by atomic mass is 9.89. The Bertz CT molecular complexity index is 1240. The Morgan fingerprint density at radius 3 is 1.86 bits per heavy atom. The van der Waals surface area contributed by atoms with Crippen LogP contribution in [0.4, 0.5) is 0 Å². The van der Waals surface area contributed by atoms with Crippen molar-refractivity contribution >= 4 is 17.9 Å². The van der Waals surface area contributed by atoms with Gasteiger partial charge in [0, 0.05) is 17.9 Å². The highest BCUT2D eigenvalue weighted by Gasteiger charge is 2.19. The van der Waals surface area contributed by atoms with Gasteiger partial charge in [-0.2, -0.15) is 0 Å². The quantitative estimate of drug-likeness (QED) is 0.152. The van der Waals surface area contributed by atoms with E-state index < -0.39 is 0 Å². The molecular formula is C39H52N2OS. The highest BCUT2D eigenvalue weighted by Crippen LogP contribution is 2.37. The normalized spacial score (nSPS) is 13.5. The highest BCUT2D eigenvalue weighted by molar-refractivity contribution is 7.97. The second-order valence-corrected chi connectivity index (χ2v) is 13.2. The summed E-state index contributed by atoms with van der Waals surface area (Å²) in [5, 5.41) is 3.31. The molecule has 0 heterocycles. The molecule has 0 aromatic heterocycles. The zero-order valence-corrected chi connectivity index (χ0v) is 27.9. The third kappa shape index (κ3) is 11.8. The van der Waals surface area contributed by atoms with Crippen LogP contribution in [0.1, 0.15) is 120 Å². The highest BCUT2D eigenvalue weighted by atomic mass is 32.2. The maximum absolute atomic E-state index is 12.9. The van der Waals surface area contributed by atoms with E-state index in [2.05, 4.69) is 94.1 Å². The van der Waals surface area contributed by atoms with E-state index in [1.165, 1.54) is 27.2 Å². The third-order valence-corrected chi connectivity index (χ3v) is 8.72. The van der Waals surface area contributed by atoms with Gasteiger partial charge in [0.15, 0.2) is 0 Å². The minimum Gasteiger partial charge on any atom is -0.348 e. The van der Waals surface area contributed by atoms with Crippen LogP contribution in [-0.4, -0.2) is 12.5 Å². The van der Waals surface area contributed by atoms with Crippen LogP contribution in [-0.2, 0) is 4.79 Å². The predicted octanol–water partition coefficient (Wildman–Crippen LogP) is 10.6. The van der Waals surface area contributed by atoms with Crippen molar-refractivity contribution in [2.24, 2.45) is 0 Å². The number of amides is 1. The maximum atomic E-state index is 12.9. The van der Waals surface area contributed by atoms with Gasteiger partial charge in [0.1, 0.15) is 0 Å². The average molecular weight is 597 g/mol. The molecule has 1 amide bonds. The van der Waals surface area contributed by atoms with Crippen molar-refractivity contribution in [1.82, 2.24) is 10.0 Å². The smallest absolute Gasteiger partial charge is 0.220 e. The van der Waals surface area contributed by atoms with Crippen LogP contribution in [0, 0.1) is 0 Å². The molecule has 1 unspecified atom stereocenters. The largest absolute Gasteiger partial charge is 0.348 e. The van der Waals surface area contributed by atoms with Crippen LogP contribution in [0.15, 0.2) is 108 Å². The number of benzene rings is 3. The molecule has 43 heavy (non-hydrogen) atoms. The van der Waals surface area contributed by atoms with E-state index in [9.17, 15) is 4.79 Å². The first-order valence-corrected chi connectivity index (χ1v) is 16.8. The van der Waals surface area contributed by atoms with E-state index in [-0.39, 0.29) is 11.9 Å². The lowest BCUT2D eigenvalue weighted by molar-refractivity contribution is -0.121. The van der Waals surface area contributed by atoms with Gasteiger partial charge in [0.05, 0.1) is 6.04 Å². The SMILES string of the molecule is CC(C)c1cc(C(C)C)c(SNCC(NC(=O)CCCC2=CCC=CC2)c2ccccc2)c(C(C)C)c1.c1ccccc1. The zero-order valence-electron chi connectivity index (χ0n) is 27.1. The summed E-state index contributed by atoms with van der Waals surface area (Å²) in [6.07, 6.45) is 11.3. The first-order valence-electron chi connectivity index (χ1n) is 16.0. The van der Waals surface area contributed by atoms with E-state index in [0.717, 1.165) is 31.2 Å². The number of nitrogens with one attached hydrogen (secondary N) is 2. The number of rotatable bonds is 13. The molecular weight excluding hydrogens is 545 g/mol. The van der Waals surface area contributed by atoms with Crippen molar-refractivity contribution in [2.75, 3.05) is 6.54 Å². The molecule has 0 saturated carbocycles. The molecule has 1 aliphatic rings. The molecule has 0 bridgehead atoms. The second-order valence-electron chi connectivity index (χ2n) is 12.3. The van der Waals surface area contributed by atoms with Crippen LogP contribution in [0.25, 0.3) is 0 Å². The third-order valence-electron chi connectivity index (χ3n) is 7.74. The van der Waals surface area contributed by atoms with Gasteiger partial charge in [-0.3, -0.25) is 9.52 Å². The molecule has 0 radical (unpaired) electrons. The van der Waals surface area contributed by atoms with Gasteiger partial charge >= 0.3 is 0 Å². The van der Waals surface area contributed by atoms with E-state index in [0.29, 0.717) is 30.7 Å². The fourth-order valence-corrected chi connectivity index (χ4v) is 6.34. The van der Waals surface area contributed by atoms with Gasteiger partial charge in [-0.15, -0.1) is 0 Å². The summed E-state index contributed by atoms with van der Waals surface area (Å²) in [6.45, 7) is 14.3. The van der Waals surface area contributed by atoms with Crippen LogP contribution in [0.3, 0.4) is 0 Å². The van der Waals surface area contributed by atoms with Crippen LogP contribution < -0.4 is 10.0 Å². The standard InChI is InChI=1S/C33H46N2OS.C6H6/c1-23(2)28-20-29(24(3)4)33(30(21-28)25(5)6)37-34-22-31(27-17-11-8-12-18-27)35-32(36)19-13-16-26-14-9-7-10-15-26;1-2-4-6-5-3-1/h7-9,11-12,15,17-18,20-21,23-25,31,34H,10,13-14,16,19,22H2,1-6H3,(H,35,36);1-6H. The summed E-state index contributed by atoms with van der Waals surface area (Å²) < 4.78 is 3.64. The number of hydrogen-bond acceptors (Lipinski definition) is 3. The molecule has 1 atom stereocenters. The number of hydrogen-bond donors (Lipinski definition) is 2. The van der Waals surface area contributed by atoms with Gasteiger partial charge in [0.2, 0.25) is 5.91 Å². The van der Waals surface area contributed by atoms with Crippen LogP contribution in [0.2, 0.25) is 0 Å². The molecule has 0 saturated heterocycles. The molecule has 4 rings (SSSR count). The molecule has 1 aliphatic carbocycles. The summed E-state index contributed by atoms with van der Waals surface area (Å²) in [5.41, 5.74) is 6.80. The van der Waals surface area contributed by atoms with Gasteiger partial charge < -0.3 is 5.32 Å². The molecule has 4 heteroatoms. The number of allylic oxidation sites excluding steroid dienone is 4. The zero-order chi connectivity index (χ0) is 31.0. The molecule has 0 aliphatic heterocycles. The summed E-state index contributed by atoms with van der Waals surface area (Å²) >= 11 is 1.72. The summed E-state index contributed by atoms with van der Waals surface area (Å²) in [4.78, 5) is 14.2. The summed E-state index contributed by atoms with van der Waals surface area (Å²) in [5.74, 6) is 1.52. The van der Waals surface area contributed by atoms with E-state index in [4.69, 9.17) is 0 Å². The van der Waals surface area contributed by atoms with Crippen molar-refractivity contribution < 1.29 is 4.79 Å². The monoisotopic (exact) mass is 596 g/mol. The maximum Gasteiger partial charge on any atom is 0.220 e. The molecule has 0 spiro atoms. The molecule has 0 fully saturated rings. The lowest BCUT2D eigenvalue weighted by Gasteiger charge is -2.24. The van der Waals surface area contributed by atoms with Crippen molar-refractivity contribution in [3.8, 4) is 0 Å². The van der Waals surface area contributed by atoms with Crippen LogP contribution in [0.5, 0.6) is 0 Å². The van der Waals surface area contributed by atoms with E-state index in [1.54, 1.807) is 11.9 Å². The topological polar surface area (TPSA) is 41.1 Å². The van der Waals surface area contributed by atoms with Gasteiger partial charge in [-0.05, 0) is 77.6 Å². The van der Waals surface area contributed by atoms with E-state index >= 15 is 0 Å². The molecule has 2 N–H and O–H groups in total. The fraction of sp³-hybridized carbons (Fsp3) is 0.410. The van der Waals surface area contributed by atoms with Crippen molar-refractivity contribution in [3.63, 3.8) is 0 Å². The van der Waals surface area contributed by atoms with Gasteiger partial charge in [-0.25, -0.2) is 0 Å². The minimum atomic E-state index is -0.0713. The van der Waals surface area contributed by atoms with Gasteiger partial charge in [-0.1, -0.05) is 144 Å². The second kappa shape index (κ2) is 18.6. The number of carbonyl (C=O) groups is 1. The van der Waals surface area contributed by atoms with E-state index in [1.807, 2.05) is 54.6 Å². The van der Waals surface area contributed by atoms with Crippen LogP contribution >= 0.6 is 11.9 Å². The Hall–Kier alpha value is -3.08. The number of carbonyl (C=O) groups excluding carboxylic acids is 1.